The Labute approximate surface area is 168 Å². The number of hydrogen-bond acceptors (Lipinski definition) is 0. The maximum atomic E-state index is 2.61. The molecule has 0 nitrogen and oxygen atoms in total. The SMILES string of the molecule is CC1=C(C)C(C)C([Si](C)(C)P(c2ccc(C)cc2)c2ccc(C)cc2)=C1C. The first-order valence-corrected chi connectivity index (χ1v) is 15.2. The van der Waals surface area contributed by atoms with Gasteiger partial charge in [-0.15, -0.1) is 0 Å². The Balaban J connectivity index is 2.18. The zero-order valence-corrected chi connectivity index (χ0v) is 20.0. The molecule has 0 aromatic heterocycles. The third-order valence-corrected chi connectivity index (χ3v) is 16.9. The fourth-order valence-electron chi connectivity index (χ4n) is 4.66. The quantitative estimate of drug-likeness (QED) is 0.397. The molecule has 0 N–H and O–H groups in total. The predicted molar refractivity (Wildman–Crippen MR) is 126 cm³/mol. The molecule has 1 aliphatic rings. The van der Waals surface area contributed by atoms with Gasteiger partial charge < -0.3 is 0 Å². The minimum absolute atomic E-state index is 0.367. The van der Waals surface area contributed by atoms with E-state index >= 15 is 0 Å². The molecule has 142 valence electrons. The Morgan fingerprint density at radius 3 is 1.41 bits per heavy atom. The van der Waals surface area contributed by atoms with E-state index in [9.17, 15) is 0 Å². The first kappa shape index (κ1) is 20.3. The van der Waals surface area contributed by atoms with Crippen LogP contribution >= 0.6 is 7.47 Å². The summed E-state index contributed by atoms with van der Waals surface area (Å²) in [4.78, 5) is 0. The van der Waals surface area contributed by atoms with E-state index in [0.717, 1.165) is 0 Å². The van der Waals surface area contributed by atoms with Crippen molar-refractivity contribution in [2.75, 3.05) is 0 Å². The molecule has 2 heteroatoms. The Kier molecular flexibility index (Phi) is 5.66. The Bertz CT molecular complexity index is 853. The molecule has 1 unspecified atom stereocenters. The summed E-state index contributed by atoms with van der Waals surface area (Å²) in [5.74, 6) is 0.590. The van der Waals surface area contributed by atoms with Crippen LogP contribution in [-0.2, 0) is 0 Å². The Morgan fingerprint density at radius 2 is 1.07 bits per heavy atom. The molecule has 0 heterocycles. The molecule has 0 amide bonds. The molecule has 2 aromatic rings. The Hall–Kier alpha value is -1.43. The van der Waals surface area contributed by atoms with Gasteiger partial charge in [-0.1, -0.05) is 103 Å². The minimum atomic E-state index is -1.72. The second-order valence-electron chi connectivity index (χ2n) is 8.63. The summed E-state index contributed by atoms with van der Waals surface area (Å²) in [5.41, 5.74) is 7.36. The van der Waals surface area contributed by atoms with Gasteiger partial charge in [-0.2, -0.15) is 0 Å². The zero-order valence-electron chi connectivity index (χ0n) is 18.1. The van der Waals surface area contributed by atoms with Crippen LogP contribution in [0.2, 0.25) is 13.1 Å². The van der Waals surface area contributed by atoms with Gasteiger partial charge in [0.25, 0.3) is 0 Å². The van der Waals surface area contributed by atoms with Crippen LogP contribution in [0.15, 0.2) is 70.4 Å². The van der Waals surface area contributed by atoms with Gasteiger partial charge in [0, 0.05) is 0 Å². The number of allylic oxidation sites excluding steroid dienone is 4. The number of aryl methyl sites for hydroxylation is 2. The van der Waals surface area contributed by atoms with Gasteiger partial charge in [-0.05, 0) is 56.7 Å². The van der Waals surface area contributed by atoms with Gasteiger partial charge in [0.15, 0.2) is 0 Å². The lowest BCUT2D eigenvalue weighted by atomic mass is 10.1. The normalized spacial score (nSPS) is 18.0. The largest absolute Gasteiger partial charge is 0.113 e. The maximum Gasteiger partial charge on any atom is 0.113 e. The fourth-order valence-corrected chi connectivity index (χ4v) is 16.3. The van der Waals surface area contributed by atoms with E-state index in [1.807, 2.05) is 0 Å². The van der Waals surface area contributed by atoms with E-state index in [1.54, 1.807) is 16.3 Å². The Morgan fingerprint density at radius 1 is 0.667 bits per heavy atom. The highest BCUT2D eigenvalue weighted by Gasteiger charge is 2.43. The zero-order chi connectivity index (χ0) is 19.9. The highest BCUT2D eigenvalue weighted by atomic mass is 31.4. The van der Waals surface area contributed by atoms with Gasteiger partial charge in [0.1, 0.15) is 7.74 Å². The molecule has 0 spiro atoms. The lowest BCUT2D eigenvalue weighted by Gasteiger charge is -2.38. The van der Waals surface area contributed by atoms with Crippen LogP contribution in [0, 0.1) is 19.8 Å². The van der Waals surface area contributed by atoms with Crippen LogP contribution in [0.1, 0.15) is 38.8 Å². The lowest BCUT2D eigenvalue weighted by Crippen LogP contribution is -2.38. The van der Waals surface area contributed by atoms with Crippen molar-refractivity contribution in [2.45, 2.75) is 54.6 Å². The third kappa shape index (κ3) is 3.65. The van der Waals surface area contributed by atoms with Gasteiger partial charge in [-0.25, -0.2) is 0 Å². The molecule has 0 bridgehead atoms. The second-order valence-corrected chi connectivity index (χ2v) is 18.7. The molecule has 2 aromatic carbocycles. The average Bonchev–Trinajstić information content (AvgIpc) is 2.82. The molecule has 0 fully saturated rings. The van der Waals surface area contributed by atoms with Crippen LogP contribution in [0.25, 0.3) is 0 Å². The monoisotopic (exact) mass is 392 g/mol. The van der Waals surface area contributed by atoms with Gasteiger partial charge >= 0.3 is 0 Å². The molecule has 0 radical (unpaired) electrons. The van der Waals surface area contributed by atoms with Crippen molar-refractivity contribution in [1.29, 1.82) is 0 Å². The van der Waals surface area contributed by atoms with Crippen molar-refractivity contribution in [2.24, 2.45) is 5.92 Å². The highest BCUT2D eigenvalue weighted by Crippen LogP contribution is 2.54. The molecule has 3 rings (SSSR count). The second kappa shape index (κ2) is 7.53. The molecular weight excluding hydrogens is 359 g/mol. The van der Waals surface area contributed by atoms with Crippen molar-refractivity contribution in [3.8, 4) is 0 Å². The van der Waals surface area contributed by atoms with E-state index in [4.69, 9.17) is 0 Å². The van der Waals surface area contributed by atoms with Crippen LogP contribution in [0.5, 0.6) is 0 Å². The summed E-state index contributed by atoms with van der Waals surface area (Å²) in [6, 6.07) is 18.7. The van der Waals surface area contributed by atoms with Crippen LogP contribution < -0.4 is 10.6 Å². The topological polar surface area (TPSA) is 0 Å². The minimum Gasteiger partial charge on any atom is -0.0656 e. The van der Waals surface area contributed by atoms with Crippen molar-refractivity contribution >= 4 is 25.8 Å². The fraction of sp³-hybridized carbons (Fsp3) is 0.360. The van der Waals surface area contributed by atoms with Crippen molar-refractivity contribution in [3.05, 3.63) is 81.6 Å². The van der Waals surface area contributed by atoms with Crippen LogP contribution in [0.3, 0.4) is 0 Å². The molecule has 1 aliphatic carbocycles. The van der Waals surface area contributed by atoms with E-state index < -0.39 is 7.74 Å². The van der Waals surface area contributed by atoms with Gasteiger partial charge in [0.05, 0.1) is 0 Å². The van der Waals surface area contributed by atoms with Gasteiger partial charge in [0.2, 0.25) is 0 Å². The first-order chi connectivity index (χ1) is 12.6. The molecule has 0 aliphatic heterocycles. The van der Waals surface area contributed by atoms with Crippen LogP contribution in [-0.4, -0.2) is 7.74 Å². The number of rotatable bonds is 4. The number of hydrogen-bond donors (Lipinski definition) is 0. The van der Waals surface area contributed by atoms with Gasteiger partial charge in [-0.3, -0.25) is 0 Å². The van der Waals surface area contributed by atoms with E-state index in [2.05, 4.69) is 103 Å². The summed E-state index contributed by atoms with van der Waals surface area (Å²) >= 11 is 0. The summed E-state index contributed by atoms with van der Waals surface area (Å²) in [6.45, 7) is 19.0. The average molecular weight is 393 g/mol. The lowest BCUT2D eigenvalue weighted by molar-refractivity contribution is 0.851. The summed E-state index contributed by atoms with van der Waals surface area (Å²) in [6.07, 6.45) is 0. The smallest absolute Gasteiger partial charge is 0.0656 e. The summed E-state index contributed by atoms with van der Waals surface area (Å²) < 4.78 is 0. The third-order valence-electron chi connectivity index (χ3n) is 6.44. The number of benzene rings is 2. The van der Waals surface area contributed by atoms with Crippen molar-refractivity contribution in [3.63, 3.8) is 0 Å². The molecule has 0 saturated carbocycles. The first-order valence-electron chi connectivity index (χ1n) is 9.97. The highest BCUT2D eigenvalue weighted by molar-refractivity contribution is 8.05. The molecule has 0 saturated heterocycles. The molecule has 1 atom stereocenters. The van der Waals surface area contributed by atoms with E-state index in [0.29, 0.717) is 5.92 Å². The van der Waals surface area contributed by atoms with Crippen molar-refractivity contribution < 1.29 is 0 Å². The maximum absolute atomic E-state index is 2.61. The summed E-state index contributed by atoms with van der Waals surface area (Å²) in [5, 5.41) is 4.83. The van der Waals surface area contributed by atoms with Crippen molar-refractivity contribution in [1.82, 2.24) is 0 Å². The van der Waals surface area contributed by atoms with E-state index in [1.165, 1.54) is 27.3 Å². The predicted octanol–water partition coefficient (Wildman–Crippen LogP) is 6.78. The standard InChI is InChI=1S/C25H33PSi/c1-17-9-13-23(14-10-17)26(24-15-11-18(2)12-16-24)27(7,8)25-21(5)19(3)20(4)22(25)6/h9-16,21H,1-8H3. The van der Waals surface area contributed by atoms with Crippen LogP contribution in [0.4, 0.5) is 0 Å². The van der Waals surface area contributed by atoms with E-state index in [-0.39, 0.29) is 7.47 Å². The molecular formula is C25H33PSi. The molecule has 27 heavy (non-hydrogen) atoms. The summed E-state index contributed by atoms with van der Waals surface area (Å²) in [7, 11) is -2.09.